The van der Waals surface area contributed by atoms with Gasteiger partial charge in [-0.1, -0.05) is 112 Å². The van der Waals surface area contributed by atoms with Crippen LogP contribution >= 0.6 is 0 Å². The number of ether oxygens (including phenoxy) is 5. The normalized spacial score (nSPS) is 12.1. The highest BCUT2D eigenvalue weighted by molar-refractivity contribution is 6.99. The maximum atomic E-state index is 6.83. The van der Waals surface area contributed by atoms with Gasteiger partial charge in [0.2, 0.25) is 0 Å². The van der Waals surface area contributed by atoms with E-state index >= 15 is 0 Å². The molecule has 218 valence electrons. The van der Waals surface area contributed by atoms with Crippen molar-refractivity contribution in [2.75, 3.05) is 66.1 Å². The summed E-state index contributed by atoms with van der Waals surface area (Å²) in [4.78, 5) is 0. The lowest BCUT2D eigenvalue weighted by atomic mass is 10.2. The second-order valence-corrected chi connectivity index (χ2v) is 14.8. The molecule has 3 rings (SSSR count). The fourth-order valence-corrected chi connectivity index (χ4v) is 9.20. The highest BCUT2D eigenvalue weighted by Gasteiger charge is 2.49. The van der Waals surface area contributed by atoms with E-state index in [2.05, 4.69) is 93.6 Å². The van der Waals surface area contributed by atoms with Crippen LogP contribution in [0.1, 0.15) is 26.3 Å². The molecule has 3 aromatic carbocycles. The third-order valence-electron chi connectivity index (χ3n) is 6.56. The first-order valence-electron chi connectivity index (χ1n) is 14.2. The summed E-state index contributed by atoms with van der Waals surface area (Å²) < 4.78 is 35.0. The zero-order chi connectivity index (χ0) is 28.4. The molecular weight excluding hydrogens is 520 g/mol. The summed E-state index contributed by atoms with van der Waals surface area (Å²) in [6.07, 6.45) is 0. The number of benzene rings is 3. The van der Waals surface area contributed by atoms with E-state index in [0.29, 0.717) is 72.7 Å². The lowest BCUT2D eigenvalue weighted by Crippen LogP contribution is -2.66. The Hall–Kier alpha value is -2.36. The maximum absolute atomic E-state index is 6.83. The Morgan fingerprint density at radius 1 is 0.450 bits per heavy atom. The lowest BCUT2D eigenvalue weighted by Gasteiger charge is -2.43. The zero-order valence-corrected chi connectivity index (χ0v) is 25.4. The molecule has 0 radical (unpaired) electrons. The summed E-state index contributed by atoms with van der Waals surface area (Å²) in [6, 6.07) is 31.5. The Morgan fingerprint density at radius 3 is 1.20 bits per heavy atom. The highest BCUT2D eigenvalue weighted by atomic mass is 28.4. The predicted molar refractivity (Wildman–Crippen MR) is 163 cm³/mol. The van der Waals surface area contributed by atoms with Crippen molar-refractivity contribution in [2.24, 2.45) is 0 Å². The van der Waals surface area contributed by atoms with E-state index in [1.165, 1.54) is 15.9 Å². The molecule has 0 heterocycles. The molecule has 40 heavy (non-hydrogen) atoms. The summed E-state index contributed by atoms with van der Waals surface area (Å²) in [5.41, 5.74) is 1.17. The molecule has 0 bridgehead atoms. The first kappa shape index (κ1) is 32.2. The van der Waals surface area contributed by atoms with Crippen molar-refractivity contribution in [1.82, 2.24) is 0 Å². The van der Waals surface area contributed by atoms with Crippen LogP contribution in [0, 0.1) is 0 Å². The number of hydrogen-bond acceptors (Lipinski definition) is 6. The van der Waals surface area contributed by atoms with Crippen LogP contribution in [0.2, 0.25) is 5.04 Å². The summed E-state index contributed by atoms with van der Waals surface area (Å²) in [5, 5.41) is 2.51. The average molecular weight is 567 g/mol. The van der Waals surface area contributed by atoms with Crippen LogP contribution in [-0.4, -0.2) is 74.4 Å². The summed E-state index contributed by atoms with van der Waals surface area (Å²) in [5.74, 6) is 0. The van der Waals surface area contributed by atoms with Crippen molar-refractivity contribution >= 4 is 18.7 Å². The van der Waals surface area contributed by atoms with Crippen LogP contribution in [0.4, 0.5) is 0 Å². The van der Waals surface area contributed by atoms with Crippen LogP contribution < -0.4 is 10.4 Å². The van der Waals surface area contributed by atoms with Crippen molar-refractivity contribution in [1.29, 1.82) is 0 Å². The van der Waals surface area contributed by atoms with Crippen LogP contribution in [0.3, 0.4) is 0 Å². The highest BCUT2D eigenvalue weighted by Crippen LogP contribution is 2.36. The van der Waals surface area contributed by atoms with Gasteiger partial charge in [-0.3, -0.25) is 0 Å². The molecule has 0 aromatic heterocycles. The molecule has 0 spiro atoms. The molecule has 6 nitrogen and oxygen atoms in total. The summed E-state index contributed by atoms with van der Waals surface area (Å²) >= 11 is 0. The van der Waals surface area contributed by atoms with Crippen molar-refractivity contribution in [2.45, 2.75) is 32.4 Å². The Kier molecular flexibility index (Phi) is 14.6. The van der Waals surface area contributed by atoms with Crippen molar-refractivity contribution in [3.05, 3.63) is 96.6 Å². The molecule has 0 saturated carbocycles. The maximum Gasteiger partial charge on any atom is 0.261 e. The molecule has 0 atom stereocenters. The van der Waals surface area contributed by atoms with Crippen LogP contribution in [-0.2, 0) is 34.7 Å². The molecular formula is C33H46O6Si. The number of rotatable bonds is 20. The molecule has 3 aromatic rings. The molecule has 0 N–H and O–H groups in total. The lowest BCUT2D eigenvalue weighted by molar-refractivity contribution is -0.0141. The van der Waals surface area contributed by atoms with E-state index in [1.807, 2.05) is 18.2 Å². The van der Waals surface area contributed by atoms with Gasteiger partial charge in [0.05, 0.1) is 72.7 Å². The van der Waals surface area contributed by atoms with E-state index in [-0.39, 0.29) is 5.04 Å². The topological polar surface area (TPSA) is 55.4 Å². The summed E-state index contributed by atoms with van der Waals surface area (Å²) in [7, 11) is -2.52. The van der Waals surface area contributed by atoms with Crippen LogP contribution in [0.15, 0.2) is 91.0 Å². The SMILES string of the molecule is CC(C)(C)[Si](OCCOCCOCCOCCOCCOCc1ccccc1)(c1ccccc1)c1ccccc1. The average Bonchev–Trinajstić information content (AvgIpc) is 2.97. The molecule has 0 saturated heterocycles. The Bertz CT molecular complexity index is 988. The molecule has 7 heteroatoms. The van der Waals surface area contributed by atoms with Crippen molar-refractivity contribution < 1.29 is 28.1 Å². The van der Waals surface area contributed by atoms with Crippen molar-refractivity contribution in [3.8, 4) is 0 Å². The van der Waals surface area contributed by atoms with E-state index in [1.54, 1.807) is 0 Å². The third kappa shape index (κ3) is 10.6. The largest absolute Gasteiger partial charge is 0.405 e. The molecule has 0 amide bonds. The smallest absolute Gasteiger partial charge is 0.261 e. The Morgan fingerprint density at radius 2 is 0.800 bits per heavy atom. The summed E-state index contributed by atoms with van der Waals surface area (Å²) in [6.45, 7) is 12.8. The van der Waals surface area contributed by atoms with Gasteiger partial charge in [0, 0.05) is 0 Å². The minimum absolute atomic E-state index is 0.0417. The van der Waals surface area contributed by atoms with E-state index in [9.17, 15) is 0 Å². The van der Waals surface area contributed by atoms with E-state index in [0.717, 1.165) is 0 Å². The van der Waals surface area contributed by atoms with E-state index in [4.69, 9.17) is 28.1 Å². The second kappa shape index (κ2) is 18.1. The molecule has 0 aliphatic heterocycles. The first-order chi connectivity index (χ1) is 19.5. The van der Waals surface area contributed by atoms with Gasteiger partial charge in [0.25, 0.3) is 8.32 Å². The minimum Gasteiger partial charge on any atom is -0.405 e. The van der Waals surface area contributed by atoms with Crippen LogP contribution in [0.25, 0.3) is 0 Å². The predicted octanol–water partition coefficient (Wildman–Crippen LogP) is 4.85. The van der Waals surface area contributed by atoms with Gasteiger partial charge in [-0.05, 0) is 21.0 Å². The van der Waals surface area contributed by atoms with E-state index < -0.39 is 8.32 Å². The standard InChI is InChI=1S/C33H46O6Si/c1-33(2,3)40(31-15-9-5-10-16-31,32-17-11-6-12-18-32)39-28-27-37-24-23-35-20-19-34-21-22-36-25-26-38-29-30-13-7-4-8-14-30/h4-18H,19-29H2,1-3H3. The third-order valence-corrected chi connectivity index (χ3v) is 11.6. The van der Waals surface area contributed by atoms with Gasteiger partial charge < -0.3 is 28.1 Å². The molecule has 0 aliphatic carbocycles. The zero-order valence-electron chi connectivity index (χ0n) is 24.4. The van der Waals surface area contributed by atoms with Gasteiger partial charge in [-0.15, -0.1) is 0 Å². The van der Waals surface area contributed by atoms with Gasteiger partial charge in [0.1, 0.15) is 0 Å². The Labute approximate surface area is 241 Å². The molecule has 0 unspecified atom stereocenters. The van der Waals surface area contributed by atoms with Gasteiger partial charge in [0.15, 0.2) is 0 Å². The van der Waals surface area contributed by atoms with Crippen LogP contribution in [0.5, 0.6) is 0 Å². The fraction of sp³-hybridized carbons (Fsp3) is 0.455. The monoisotopic (exact) mass is 566 g/mol. The van der Waals surface area contributed by atoms with Gasteiger partial charge in [-0.2, -0.15) is 0 Å². The second-order valence-electron chi connectivity index (χ2n) is 10.5. The number of hydrogen-bond donors (Lipinski definition) is 0. The first-order valence-corrected chi connectivity index (χ1v) is 16.1. The van der Waals surface area contributed by atoms with Crippen molar-refractivity contribution in [3.63, 3.8) is 0 Å². The quantitative estimate of drug-likeness (QED) is 0.144. The fourth-order valence-electron chi connectivity index (χ4n) is 4.66. The molecule has 0 aliphatic rings. The van der Waals surface area contributed by atoms with Gasteiger partial charge >= 0.3 is 0 Å². The molecule has 0 fully saturated rings. The van der Waals surface area contributed by atoms with Gasteiger partial charge in [-0.25, -0.2) is 0 Å². The Balaban J connectivity index is 1.23. The minimum atomic E-state index is -2.52.